The molecule has 0 radical (unpaired) electrons. The third-order valence-corrected chi connectivity index (χ3v) is 3.62. The standard InChI is InChI=1S/C12H22F3N/c1-4-11(2,3)16-10-7-5-6-9(8-10)12(13,14)15/h9-10,16H,4-8H2,1-3H3. The zero-order valence-electron chi connectivity index (χ0n) is 10.3. The molecule has 0 amide bonds. The zero-order chi connectivity index (χ0) is 12.4. The van der Waals surface area contributed by atoms with Crippen molar-refractivity contribution in [3.05, 3.63) is 0 Å². The van der Waals surface area contributed by atoms with Gasteiger partial charge in [0.2, 0.25) is 0 Å². The van der Waals surface area contributed by atoms with E-state index in [1.807, 2.05) is 13.8 Å². The molecule has 0 saturated heterocycles. The van der Waals surface area contributed by atoms with Gasteiger partial charge < -0.3 is 5.32 Å². The van der Waals surface area contributed by atoms with Crippen LogP contribution in [-0.2, 0) is 0 Å². The summed E-state index contributed by atoms with van der Waals surface area (Å²) in [6.07, 6.45) is -0.990. The molecule has 0 aromatic carbocycles. The summed E-state index contributed by atoms with van der Waals surface area (Å²) >= 11 is 0. The third kappa shape index (κ3) is 3.96. The van der Waals surface area contributed by atoms with Crippen molar-refractivity contribution in [1.29, 1.82) is 0 Å². The molecule has 0 heterocycles. The highest BCUT2D eigenvalue weighted by atomic mass is 19.4. The Bertz CT molecular complexity index is 223. The van der Waals surface area contributed by atoms with E-state index in [2.05, 4.69) is 12.2 Å². The highest BCUT2D eigenvalue weighted by Crippen LogP contribution is 2.38. The van der Waals surface area contributed by atoms with Crippen LogP contribution < -0.4 is 5.32 Å². The van der Waals surface area contributed by atoms with E-state index in [1.54, 1.807) is 0 Å². The maximum atomic E-state index is 12.6. The lowest BCUT2D eigenvalue weighted by molar-refractivity contribution is -0.184. The van der Waals surface area contributed by atoms with Gasteiger partial charge in [-0.25, -0.2) is 0 Å². The van der Waals surface area contributed by atoms with Crippen LogP contribution in [-0.4, -0.2) is 17.8 Å². The summed E-state index contributed by atoms with van der Waals surface area (Å²) in [5, 5.41) is 3.35. The van der Waals surface area contributed by atoms with Crippen LogP contribution in [0.5, 0.6) is 0 Å². The van der Waals surface area contributed by atoms with E-state index >= 15 is 0 Å². The molecule has 16 heavy (non-hydrogen) atoms. The van der Waals surface area contributed by atoms with Crippen molar-refractivity contribution in [1.82, 2.24) is 5.32 Å². The molecule has 1 saturated carbocycles. The predicted molar refractivity (Wildman–Crippen MR) is 59.3 cm³/mol. The van der Waals surface area contributed by atoms with Crippen LogP contribution in [0.1, 0.15) is 52.9 Å². The molecule has 1 aliphatic carbocycles. The maximum Gasteiger partial charge on any atom is 0.391 e. The highest BCUT2D eigenvalue weighted by Gasteiger charge is 2.42. The van der Waals surface area contributed by atoms with Crippen LogP contribution in [0, 0.1) is 5.92 Å². The number of nitrogens with one attached hydrogen (secondary N) is 1. The van der Waals surface area contributed by atoms with Gasteiger partial charge >= 0.3 is 6.18 Å². The van der Waals surface area contributed by atoms with Gasteiger partial charge in [0.1, 0.15) is 0 Å². The molecule has 1 fully saturated rings. The minimum absolute atomic E-state index is 0.0234. The van der Waals surface area contributed by atoms with Gasteiger partial charge in [-0.05, 0) is 39.5 Å². The van der Waals surface area contributed by atoms with Crippen molar-refractivity contribution in [2.75, 3.05) is 0 Å². The van der Waals surface area contributed by atoms with Crippen LogP contribution in [0.25, 0.3) is 0 Å². The molecule has 0 spiro atoms. The van der Waals surface area contributed by atoms with Crippen LogP contribution >= 0.6 is 0 Å². The second-order valence-corrected chi connectivity index (χ2v) is 5.48. The van der Waals surface area contributed by atoms with E-state index in [-0.39, 0.29) is 18.0 Å². The summed E-state index contributed by atoms with van der Waals surface area (Å²) in [5.74, 6) is -1.11. The van der Waals surface area contributed by atoms with Crippen LogP contribution in [0.4, 0.5) is 13.2 Å². The van der Waals surface area contributed by atoms with Gasteiger partial charge in [0.25, 0.3) is 0 Å². The monoisotopic (exact) mass is 237 g/mol. The first kappa shape index (κ1) is 13.8. The minimum Gasteiger partial charge on any atom is -0.309 e. The molecule has 2 unspecified atom stereocenters. The first-order valence-electron chi connectivity index (χ1n) is 6.09. The van der Waals surface area contributed by atoms with E-state index in [1.165, 1.54) is 0 Å². The van der Waals surface area contributed by atoms with Crippen LogP contribution in [0.3, 0.4) is 0 Å². The van der Waals surface area contributed by atoms with Crippen LogP contribution in [0.2, 0.25) is 0 Å². The number of halogens is 3. The molecular formula is C12H22F3N. The van der Waals surface area contributed by atoms with Crippen molar-refractivity contribution in [3.63, 3.8) is 0 Å². The quantitative estimate of drug-likeness (QED) is 0.785. The molecule has 0 bridgehead atoms. The van der Waals surface area contributed by atoms with E-state index < -0.39 is 12.1 Å². The maximum absolute atomic E-state index is 12.6. The molecule has 1 nitrogen and oxygen atoms in total. The van der Waals surface area contributed by atoms with Gasteiger partial charge in [-0.1, -0.05) is 13.3 Å². The Morgan fingerprint density at radius 2 is 1.81 bits per heavy atom. The van der Waals surface area contributed by atoms with Gasteiger partial charge in [0.15, 0.2) is 0 Å². The summed E-state index contributed by atoms with van der Waals surface area (Å²) in [5.41, 5.74) is -0.0574. The first-order chi connectivity index (χ1) is 7.24. The number of hydrogen-bond acceptors (Lipinski definition) is 1. The average Bonchev–Trinajstić information content (AvgIpc) is 2.16. The van der Waals surface area contributed by atoms with Gasteiger partial charge in [-0.15, -0.1) is 0 Å². The van der Waals surface area contributed by atoms with Crippen molar-refractivity contribution in [2.24, 2.45) is 5.92 Å². The van der Waals surface area contributed by atoms with E-state index in [9.17, 15) is 13.2 Å². The lowest BCUT2D eigenvalue weighted by Crippen LogP contribution is -2.48. The second-order valence-electron chi connectivity index (χ2n) is 5.48. The zero-order valence-corrected chi connectivity index (χ0v) is 10.3. The summed E-state index contributed by atoms with van der Waals surface area (Å²) in [6.45, 7) is 6.14. The molecule has 0 aromatic rings. The highest BCUT2D eigenvalue weighted by molar-refractivity contribution is 4.87. The van der Waals surface area contributed by atoms with Gasteiger partial charge in [-0.2, -0.15) is 13.2 Å². The lowest BCUT2D eigenvalue weighted by atomic mass is 9.84. The van der Waals surface area contributed by atoms with Crippen molar-refractivity contribution in [3.8, 4) is 0 Å². The SMILES string of the molecule is CCC(C)(C)NC1CCCC(C(F)(F)F)C1. The molecular weight excluding hydrogens is 215 g/mol. The fourth-order valence-electron chi connectivity index (χ4n) is 2.27. The lowest BCUT2D eigenvalue weighted by Gasteiger charge is -2.36. The molecule has 0 aliphatic heterocycles. The topological polar surface area (TPSA) is 12.0 Å². The Labute approximate surface area is 95.8 Å². The first-order valence-corrected chi connectivity index (χ1v) is 6.09. The second kappa shape index (κ2) is 4.94. The number of hydrogen-bond donors (Lipinski definition) is 1. The van der Waals surface area contributed by atoms with E-state index in [0.717, 1.165) is 12.8 Å². The normalized spacial score (nSPS) is 28.1. The minimum atomic E-state index is -4.02. The smallest absolute Gasteiger partial charge is 0.309 e. The van der Waals surface area contributed by atoms with Crippen molar-refractivity contribution >= 4 is 0 Å². The fraction of sp³-hybridized carbons (Fsp3) is 1.00. The number of rotatable bonds is 3. The fourth-order valence-corrected chi connectivity index (χ4v) is 2.27. The molecule has 2 atom stereocenters. The third-order valence-electron chi connectivity index (χ3n) is 3.62. The molecule has 1 N–H and O–H groups in total. The van der Waals surface area contributed by atoms with Gasteiger partial charge in [0.05, 0.1) is 5.92 Å². The Morgan fingerprint density at radius 1 is 1.19 bits per heavy atom. The molecule has 1 aliphatic rings. The average molecular weight is 237 g/mol. The largest absolute Gasteiger partial charge is 0.391 e. The van der Waals surface area contributed by atoms with Crippen LogP contribution in [0.15, 0.2) is 0 Å². The van der Waals surface area contributed by atoms with Gasteiger partial charge in [0, 0.05) is 11.6 Å². The molecule has 4 heteroatoms. The number of alkyl halides is 3. The Hall–Kier alpha value is -0.250. The predicted octanol–water partition coefficient (Wildman–Crippen LogP) is 3.89. The van der Waals surface area contributed by atoms with E-state index in [0.29, 0.717) is 12.8 Å². The Morgan fingerprint density at radius 3 is 2.31 bits per heavy atom. The summed E-state index contributed by atoms with van der Waals surface area (Å²) < 4.78 is 37.8. The van der Waals surface area contributed by atoms with Crippen molar-refractivity contribution < 1.29 is 13.2 Å². The molecule has 96 valence electrons. The van der Waals surface area contributed by atoms with Gasteiger partial charge in [-0.3, -0.25) is 0 Å². The summed E-state index contributed by atoms with van der Waals surface area (Å²) in [7, 11) is 0. The van der Waals surface area contributed by atoms with E-state index in [4.69, 9.17) is 0 Å². The Balaban J connectivity index is 2.51. The van der Waals surface area contributed by atoms with Crippen molar-refractivity contribution in [2.45, 2.75) is 70.6 Å². The summed E-state index contributed by atoms with van der Waals surface area (Å²) in [4.78, 5) is 0. The molecule has 0 aromatic heterocycles. The Kier molecular flexibility index (Phi) is 4.27. The molecule has 1 rings (SSSR count). The summed E-state index contributed by atoms with van der Waals surface area (Å²) in [6, 6.07) is 0.0234.